The summed E-state index contributed by atoms with van der Waals surface area (Å²) in [6, 6.07) is 0.417. The van der Waals surface area contributed by atoms with Gasteiger partial charge in [-0.3, -0.25) is 0 Å². The molecule has 1 aliphatic rings. The van der Waals surface area contributed by atoms with Crippen molar-refractivity contribution in [1.82, 2.24) is 19.7 Å². The Balaban J connectivity index is 1.82. The zero-order valence-corrected chi connectivity index (χ0v) is 16.5. The molecular weight excluding hydrogens is 425 g/mol. The van der Waals surface area contributed by atoms with Gasteiger partial charge in [0.1, 0.15) is 16.7 Å². The van der Waals surface area contributed by atoms with Crippen LogP contribution in [0.4, 0.5) is 27.9 Å². The van der Waals surface area contributed by atoms with Gasteiger partial charge in [0.05, 0.1) is 17.5 Å². The molecular formula is C19H18F5N5O2. The van der Waals surface area contributed by atoms with Crippen LogP contribution in [0.25, 0.3) is 16.7 Å². The number of aromatic nitrogens is 4. The fourth-order valence-electron chi connectivity index (χ4n) is 3.60. The summed E-state index contributed by atoms with van der Waals surface area (Å²) >= 11 is 0. The highest BCUT2D eigenvalue weighted by atomic mass is 19.4. The molecule has 31 heavy (non-hydrogen) atoms. The van der Waals surface area contributed by atoms with E-state index >= 15 is 0 Å². The second-order valence-corrected chi connectivity index (χ2v) is 7.27. The Morgan fingerprint density at radius 3 is 2.52 bits per heavy atom. The van der Waals surface area contributed by atoms with Crippen LogP contribution in [-0.4, -0.2) is 51.2 Å². The molecule has 166 valence electrons. The molecule has 1 fully saturated rings. The second-order valence-electron chi connectivity index (χ2n) is 7.27. The third-order valence-electron chi connectivity index (χ3n) is 5.32. The molecule has 0 spiro atoms. The summed E-state index contributed by atoms with van der Waals surface area (Å²) in [5.41, 5.74) is -1.87. The lowest BCUT2D eigenvalue weighted by Crippen LogP contribution is -2.37. The zero-order valence-electron chi connectivity index (χ0n) is 16.5. The number of benzene rings is 1. The molecule has 12 heteroatoms. The summed E-state index contributed by atoms with van der Waals surface area (Å²) in [5.74, 6) is -5.01. The average molecular weight is 443 g/mol. The Morgan fingerprint density at radius 2 is 1.87 bits per heavy atom. The molecule has 0 bridgehead atoms. The lowest BCUT2D eigenvalue weighted by atomic mass is 10.1. The highest BCUT2D eigenvalue weighted by molar-refractivity contribution is 5.80. The third-order valence-corrected chi connectivity index (χ3v) is 5.32. The minimum atomic E-state index is -5.14. The van der Waals surface area contributed by atoms with Gasteiger partial charge in [-0.25, -0.2) is 23.4 Å². The normalized spacial score (nSPS) is 15.6. The highest BCUT2D eigenvalue weighted by Gasteiger charge is 2.38. The van der Waals surface area contributed by atoms with Gasteiger partial charge in [0.2, 0.25) is 5.95 Å². The number of halogens is 5. The van der Waals surface area contributed by atoms with Crippen LogP contribution >= 0.6 is 0 Å². The van der Waals surface area contributed by atoms with Gasteiger partial charge in [-0.05, 0) is 25.8 Å². The number of ether oxygens (including phenoxy) is 1. The number of hydrogen-bond donors (Lipinski definition) is 1. The smallest absolute Gasteiger partial charge is 0.419 e. The van der Waals surface area contributed by atoms with Gasteiger partial charge in [-0.1, -0.05) is 0 Å². The minimum Gasteiger partial charge on any atom is -0.503 e. The van der Waals surface area contributed by atoms with E-state index in [-0.39, 0.29) is 17.6 Å². The first-order valence-corrected chi connectivity index (χ1v) is 9.41. The van der Waals surface area contributed by atoms with Crippen molar-refractivity contribution in [2.45, 2.75) is 32.0 Å². The van der Waals surface area contributed by atoms with Crippen molar-refractivity contribution in [3.8, 4) is 11.4 Å². The van der Waals surface area contributed by atoms with Crippen LogP contribution in [0.5, 0.6) is 5.75 Å². The van der Waals surface area contributed by atoms with E-state index in [1.807, 2.05) is 11.9 Å². The highest BCUT2D eigenvalue weighted by Crippen LogP contribution is 2.39. The van der Waals surface area contributed by atoms with E-state index in [9.17, 15) is 27.1 Å². The predicted octanol–water partition coefficient (Wildman–Crippen LogP) is 3.74. The van der Waals surface area contributed by atoms with Crippen LogP contribution in [0.15, 0.2) is 12.3 Å². The number of fused-ring (bicyclic) bond motifs is 1. The molecule has 0 aliphatic carbocycles. The molecule has 0 unspecified atom stereocenters. The Morgan fingerprint density at radius 1 is 1.19 bits per heavy atom. The van der Waals surface area contributed by atoms with Gasteiger partial charge >= 0.3 is 6.18 Å². The van der Waals surface area contributed by atoms with Gasteiger partial charge in [-0.2, -0.15) is 18.3 Å². The fourth-order valence-corrected chi connectivity index (χ4v) is 3.60. The molecule has 7 nitrogen and oxygen atoms in total. The van der Waals surface area contributed by atoms with Crippen molar-refractivity contribution in [2.75, 3.05) is 25.2 Å². The SMILES string of the molecule is Cc1nn(-c2cc(C(F)(F)F)c(F)c(O)c2F)c2cnc(N(C)C3CCOCC3)nc12. The van der Waals surface area contributed by atoms with E-state index in [4.69, 9.17) is 4.74 Å². The van der Waals surface area contributed by atoms with E-state index in [1.165, 1.54) is 6.20 Å². The molecule has 1 aliphatic heterocycles. The number of phenols is 1. The Hall–Kier alpha value is -3.02. The van der Waals surface area contributed by atoms with Crippen LogP contribution in [-0.2, 0) is 10.9 Å². The maximum absolute atomic E-state index is 14.5. The Labute approximate surface area is 173 Å². The number of phenolic OH excluding ortho intramolecular Hbond substituents is 1. The standard InChI is InChI=1S/C19H18F5N5O2/c1-9-16-13(8-25-18(26-16)28(2)10-3-5-31-6-4-10)29(27-9)12-7-11(19(22,23)24)14(20)17(30)15(12)21/h7-8,10,30H,3-6H2,1-2H3. The lowest BCUT2D eigenvalue weighted by molar-refractivity contribution is -0.140. The zero-order chi connectivity index (χ0) is 22.5. The first-order chi connectivity index (χ1) is 14.6. The molecule has 3 aromatic rings. The summed E-state index contributed by atoms with van der Waals surface area (Å²) in [4.78, 5) is 10.6. The summed E-state index contributed by atoms with van der Waals surface area (Å²) in [6.07, 6.45) is -2.26. The minimum absolute atomic E-state index is 0.111. The predicted molar refractivity (Wildman–Crippen MR) is 100 cm³/mol. The number of aromatic hydroxyl groups is 1. The number of alkyl halides is 3. The second kappa shape index (κ2) is 7.59. The largest absolute Gasteiger partial charge is 0.503 e. The molecule has 1 saturated heterocycles. The van der Waals surface area contributed by atoms with Gasteiger partial charge in [0.25, 0.3) is 0 Å². The fraction of sp³-hybridized carbons (Fsp3) is 0.421. The molecule has 1 N–H and O–H groups in total. The maximum Gasteiger partial charge on any atom is 0.419 e. The first-order valence-electron chi connectivity index (χ1n) is 9.41. The van der Waals surface area contributed by atoms with Gasteiger partial charge in [0.15, 0.2) is 17.4 Å². The maximum atomic E-state index is 14.5. The van der Waals surface area contributed by atoms with E-state index < -0.39 is 34.8 Å². The van der Waals surface area contributed by atoms with Crippen LogP contribution in [0.1, 0.15) is 24.1 Å². The molecule has 0 amide bonds. The quantitative estimate of drug-likeness (QED) is 0.622. The van der Waals surface area contributed by atoms with Gasteiger partial charge in [-0.15, -0.1) is 0 Å². The molecule has 0 saturated carbocycles. The molecule has 3 heterocycles. The molecule has 2 aromatic heterocycles. The summed E-state index contributed by atoms with van der Waals surface area (Å²) in [6.45, 7) is 2.78. The number of nitrogens with zero attached hydrogens (tertiary/aromatic N) is 5. The van der Waals surface area contributed by atoms with E-state index in [1.54, 1.807) is 6.92 Å². The lowest BCUT2D eigenvalue weighted by Gasteiger charge is -2.31. The van der Waals surface area contributed by atoms with Crippen molar-refractivity contribution < 1.29 is 31.8 Å². The van der Waals surface area contributed by atoms with Crippen LogP contribution < -0.4 is 4.90 Å². The van der Waals surface area contributed by atoms with Gasteiger partial charge in [0, 0.05) is 26.3 Å². The third kappa shape index (κ3) is 3.64. The number of anilines is 1. The average Bonchev–Trinajstić information content (AvgIpc) is 3.07. The number of hydrogen-bond acceptors (Lipinski definition) is 6. The van der Waals surface area contributed by atoms with Crippen molar-refractivity contribution >= 4 is 17.0 Å². The van der Waals surface area contributed by atoms with Crippen LogP contribution in [0.2, 0.25) is 0 Å². The number of rotatable bonds is 3. The summed E-state index contributed by atoms with van der Waals surface area (Å²) < 4.78 is 74.0. The van der Waals surface area contributed by atoms with Crippen molar-refractivity contribution in [2.24, 2.45) is 0 Å². The summed E-state index contributed by atoms with van der Waals surface area (Å²) in [5, 5.41) is 13.7. The molecule has 4 rings (SSSR count). The molecule has 1 aromatic carbocycles. The topological polar surface area (TPSA) is 76.3 Å². The molecule has 0 radical (unpaired) electrons. The van der Waals surface area contributed by atoms with E-state index in [0.29, 0.717) is 30.4 Å². The van der Waals surface area contributed by atoms with Crippen molar-refractivity contribution in [1.29, 1.82) is 0 Å². The van der Waals surface area contributed by atoms with Crippen LogP contribution in [0.3, 0.4) is 0 Å². The first kappa shape index (κ1) is 21.2. The van der Waals surface area contributed by atoms with Crippen molar-refractivity contribution in [3.05, 3.63) is 35.2 Å². The van der Waals surface area contributed by atoms with Crippen molar-refractivity contribution in [3.63, 3.8) is 0 Å². The Bertz CT molecular complexity index is 1140. The molecule has 0 atom stereocenters. The van der Waals surface area contributed by atoms with Crippen LogP contribution in [0, 0.1) is 18.6 Å². The Kier molecular flexibility index (Phi) is 5.20. The number of aryl methyl sites for hydroxylation is 1. The van der Waals surface area contributed by atoms with Gasteiger partial charge < -0.3 is 14.7 Å². The summed E-state index contributed by atoms with van der Waals surface area (Å²) in [7, 11) is 1.82. The van der Waals surface area contributed by atoms with E-state index in [0.717, 1.165) is 17.5 Å². The van der Waals surface area contributed by atoms with E-state index in [2.05, 4.69) is 15.1 Å². The monoisotopic (exact) mass is 443 g/mol.